The van der Waals surface area contributed by atoms with Crippen molar-refractivity contribution in [3.05, 3.63) is 413 Å². The average Bonchev–Trinajstić information content (AvgIpc) is 1.60. The molecule has 0 atom stereocenters. The predicted octanol–water partition coefficient (Wildman–Crippen LogP) is 24.8. The minimum Gasteiger partial charge on any atom is -0.309 e. The van der Waals surface area contributed by atoms with Crippen LogP contribution in [0.3, 0.4) is 0 Å². The molecular weight excluding hydrogens is 1390 g/mol. The van der Waals surface area contributed by atoms with Gasteiger partial charge in [-0.05, 0) is 180 Å². The Kier molecular flexibility index (Phi) is 16.6. The van der Waals surface area contributed by atoms with Crippen molar-refractivity contribution in [1.82, 2.24) is 56.8 Å². The molecule has 0 fully saturated rings. The van der Waals surface area contributed by atoms with Gasteiger partial charge in [0.1, 0.15) is 16.9 Å². The standard InChI is InChI=1S/C37H25N3.C33H22N4.C32H21N5/c1-3-9-26(10-4-1)29-18-20-35-32(23-29)33-24-30(19-21-36(33)40(35)31-11-5-2-6-12-31)27-14-16-28(17-15-27)34-25-39-22-8-7-13-37(39)38-34;1-3-11-23(12-4-1)33-35-29(22-30(36-33)28-16-9-10-20-34-28)24-18-19-32-27(21-24)26-15-7-8-17-31(26)37(32)25-13-5-2-6-14-25;1-2-8-24(9-3-1)37-29-14-12-22(27-20-35-16-6-4-10-31(35)33-27)18-25(29)26-19-23(13-15-30(26)37)28-21-36-17-7-5-11-32(36)34-28/h1-25H;1-22H;1-21H. The highest BCUT2D eigenvalue weighted by Gasteiger charge is 2.21. The maximum Gasteiger partial charge on any atom is 0.160 e. The molecule has 0 unspecified atom stereocenters. The van der Waals surface area contributed by atoms with Gasteiger partial charge in [0, 0.05) is 121 Å². The first-order valence-electron chi connectivity index (χ1n) is 38.2. The van der Waals surface area contributed by atoms with Gasteiger partial charge in [-0.3, -0.25) is 4.98 Å². The molecule has 536 valence electrons. The van der Waals surface area contributed by atoms with Crippen LogP contribution >= 0.6 is 0 Å². The zero-order valence-electron chi connectivity index (χ0n) is 61.6. The molecule has 0 spiro atoms. The summed E-state index contributed by atoms with van der Waals surface area (Å²) in [5, 5.41) is 7.29. The largest absolute Gasteiger partial charge is 0.309 e. The van der Waals surface area contributed by atoms with Crippen molar-refractivity contribution in [3.8, 4) is 107 Å². The summed E-state index contributed by atoms with van der Waals surface area (Å²) >= 11 is 0. The van der Waals surface area contributed by atoms with Crippen LogP contribution in [0.4, 0.5) is 0 Å². The number of nitrogens with zero attached hydrogens (tertiary/aromatic N) is 12. The van der Waals surface area contributed by atoms with E-state index in [1.54, 1.807) is 6.20 Å². The Labute approximate surface area is 655 Å². The average molecular weight is 1460 g/mol. The highest BCUT2D eigenvalue weighted by molar-refractivity contribution is 6.14. The molecule has 0 saturated heterocycles. The highest BCUT2D eigenvalue weighted by Crippen LogP contribution is 2.42. The molecule has 114 heavy (non-hydrogen) atoms. The summed E-state index contributed by atoms with van der Waals surface area (Å²) in [4.78, 5) is 29.0. The first kappa shape index (κ1) is 66.5. The molecule has 12 nitrogen and oxygen atoms in total. The van der Waals surface area contributed by atoms with Gasteiger partial charge in [0.05, 0.1) is 67.3 Å². The minimum atomic E-state index is 0.686. The Morgan fingerprint density at radius 1 is 0.184 bits per heavy atom. The van der Waals surface area contributed by atoms with Crippen molar-refractivity contribution in [2.24, 2.45) is 0 Å². The quantitative estimate of drug-likeness (QED) is 0.128. The van der Waals surface area contributed by atoms with E-state index in [0.29, 0.717) is 5.82 Å². The van der Waals surface area contributed by atoms with Crippen LogP contribution in [-0.4, -0.2) is 56.8 Å². The van der Waals surface area contributed by atoms with E-state index >= 15 is 0 Å². The monoisotopic (exact) mass is 1460 g/mol. The molecule has 23 rings (SSSR count). The second-order valence-corrected chi connectivity index (χ2v) is 28.5. The smallest absolute Gasteiger partial charge is 0.160 e. The number of pyridine rings is 4. The van der Waals surface area contributed by atoms with Gasteiger partial charge in [-0.15, -0.1) is 0 Å². The molecular formula is C102H68N12. The van der Waals surface area contributed by atoms with Crippen molar-refractivity contribution in [1.29, 1.82) is 0 Å². The number of rotatable bonds is 11. The number of aromatic nitrogens is 12. The third-order valence-electron chi connectivity index (χ3n) is 21.5. The van der Waals surface area contributed by atoms with Crippen LogP contribution in [0.5, 0.6) is 0 Å². The zero-order valence-corrected chi connectivity index (χ0v) is 61.6. The fourth-order valence-electron chi connectivity index (χ4n) is 16.1. The molecule has 0 bridgehead atoms. The Morgan fingerprint density at radius 3 is 0.947 bits per heavy atom. The van der Waals surface area contributed by atoms with E-state index in [1.165, 1.54) is 93.4 Å². The minimum absolute atomic E-state index is 0.686. The van der Waals surface area contributed by atoms with Crippen LogP contribution < -0.4 is 0 Å². The summed E-state index contributed by atoms with van der Waals surface area (Å²) in [6.07, 6.45) is 14.2. The third kappa shape index (κ3) is 12.3. The summed E-state index contributed by atoms with van der Waals surface area (Å²) in [5.74, 6) is 0.686. The first-order valence-corrected chi connectivity index (χ1v) is 38.2. The van der Waals surface area contributed by atoms with E-state index in [4.69, 9.17) is 24.9 Å². The molecule has 0 aliphatic rings. The highest BCUT2D eigenvalue weighted by atomic mass is 15.0. The lowest BCUT2D eigenvalue weighted by atomic mass is 9.99. The molecule has 11 aromatic heterocycles. The number of hydrogen-bond acceptors (Lipinski definition) is 6. The summed E-state index contributed by atoms with van der Waals surface area (Å²) in [5.41, 5.74) is 29.0. The van der Waals surface area contributed by atoms with Crippen LogP contribution in [0.1, 0.15) is 0 Å². The SMILES string of the molecule is c1ccc(-c2ccc3c(c2)c2cc(-c4ccc(-c5cn6ccccc6n5)cc4)ccc2n3-c2ccccc2)cc1.c1ccc(-c2nc(-c3ccc4c(c3)c3ccccc3n4-c3ccccc3)cc(-c3ccccn3)n2)cc1.c1ccc(-n2c3ccc(-c4cn5ccccc5n4)cc3c3cc(-c4cn5ccccc5n4)ccc32)cc1. The van der Waals surface area contributed by atoms with Crippen LogP contribution in [0.2, 0.25) is 0 Å². The molecule has 0 saturated carbocycles. The normalized spacial score (nSPS) is 11.5. The lowest BCUT2D eigenvalue weighted by Gasteiger charge is -2.10. The van der Waals surface area contributed by atoms with Crippen molar-refractivity contribution >= 4 is 82.4 Å². The van der Waals surface area contributed by atoms with Crippen molar-refractivity contribution < 1.29 is 0 Å². The van der Waals surface area contributed by atoms with E-state index in [9.17, 15) is 0 Å². The number of para-hydroxylation sites is 4. The van der Waals surface area contributed by atoms with Crippen LogP contribution in [0.15, 0.2) is 413 Å². The van der Waals surface area contributed by atoms with Crippen LogP contribution in [-0.2, 0) is 0 Å². The maximum absolute atomic E-state index is 5.01. The topological polar surface area (TPSA) is 105 Å². The summed E-state index contributed by atoms with van der Waals surface area (Å²) in [6.45, 7) is 0. The third-order valence-corrected chi connectivity index (χ3v) is 21.5. The Bertz CT molecular complexity index is 7220. The molecule has 11 heterocycles. The lowest BCUT2D eigenvalue weighted by Crippen LogP contribution is -1.97. The summed E-state index contributed by atoms with van der Waals surface area (Å²) in [6, 6.07) is 129. The predicted molar refractivity (Wildman–Crippen MR) is 465 cm³/mol. The van der Waals surface area contributed by atoms with Gasteiger partial charge in [-0.2, -0.15) is 0 Å². The summed E-state index contributed by atoms with van der Waals surface area (Å²) in [7, 11) is 0. The van der Waals surface area contributed by atoms with E-state index < -0.39 is 0 Å². The number of benzene rings is 12. The van der Waals surface area contributed by atoms with Gasteiger partial charge in [-0.1, -0.05) is 212 Å². The van der Waals surface area contributed by atoms with Gasteiger partial charge in [0.2, 0.25) is 0 Å². The lowest BCUT2D eigenvalue weighted by molar-refractivity contribution is 1.16. The van der Waals surface area contributed by atoms with Crippen LogP contribution in [0, 0.1) is 0 Å². The van der Waals surface area contributed by atoms with Gasteiger partial charge in [0.25, 0.3) is 0 Å². The molecule has 0 N–H and O–H groups in total. The Morgan fingerprint density at radius 2 is 0.509 bits per heavy atom. The second-order valence-electron chi connectivity index (χ2n) is 28.5. The van der Waals surface area contributed by atoms with Gasteiger partial charge in [0.15, 0.2) is 5.82 Å². The summed E-state index contributed by atoms with van der Waals surface area (Å²) < 4.78 is 13.2. The van der Waals surface area contributed by atoms with Crippen LogP contribution in [0.25, 0.3) is 189 Å². The molecule has 0 amide bonds. The molecule has 12 heteroatoms. The van der Waals surface area contributed by atoms with E-state index in [1.807, 2.05) is 134 Å². The van der Waals surface area contributed by atoms with Crippen molar-refractivity contribution in [2.75, 3.05) is 0 Å². The van der Waals surface area contributed by atoms with Gasteiger partial charge >= 0.3 is 0 Å². The molecule has 0 aliphatic carbocycles. The fourth-order valence-corrected chi connectivity index (χ4v) is 16.1. The van der Waals surface area contributed by atoms with E-state index in [-0.39, 0.29) is 0 Å². The molecule has 0 radical (unpaired) electrons. The molecule has 0 aliphatic heterocycles. The first-order chi connectivity index (χ1) is 56.5. The van der Waals surface area contributed by atoms with Gasteiger partial charge in [-0.25, -0.2) is 24.9 Å². The zero-order chi connectivity index (χ0) is 75.4. The number of fused-ring (bicyclic) bond motifs is 12. The second kappa shape index (κ2) is 28.4. The maximum atomic E-state index is 5.01. The molecule has 12 aromatic carbocycles. The molecule has 23 aromatic rings. The number of imidazole rings is 3. The Balaban J connectivity index is 0.000000108. The Hall–Kier alpha value is -15.7. The van der Waals surface area contributed by atoms with Gasteiger partial charge < -0.3 is 26.9 Å². The number of hydrogen-bond donors (Lipinski definition) is 0. The van der Waals surface area contributed by atoms with E-state index in [2.05, 4.69) is 305 Å². The van der Waals surface area contributed by atoms with Crippen molar-refractivity contribution in [3.63, 3.8) is 0 Å². The fraction of sp³-hybridized carbons (Fsp3) is 0. The van der Waals surface area contributed by atoms with Crippen molar-refractivity contribution in [2.45, 2.75) is 0 Å². The van der Waals surface area contributed by atoms with E-state index in [0.717, 1.165) is 90.3 Å².